The lowest BCUT2D eigenvalue weighted by Gasteiger charge is -2.08. The molecule has 0 bridgehead atoms. The lowest BCUT2D eigenvalue weighted by Crippen LogP contribution is -2.21. The van der Waals surface area contributed by atoms with Gasteiger partial charge in [-0.3, -0.25) is 4.79 Å². The van der Waals surface area contributed by atoms with Crippen LogP contribution >= 0.6 is 0 Å². The number of esters is 1. The number of hydrogen-bond acceptors (Lipinski definition) is 4. The van der Waals surface area contributed by atoms with E-state index in [1.54, 1.807) is 0 Å². The minimum Gasteiger partial charge on any atom is -0.463 e. The Kier molecular flexibility index (Phi) is 21.2. The van der Waals surface area contributed by atoms with Crippen molar-refractivity contribution in [1.82, 2.24) is 0 Å². The van der Waals surface area contributed by atoms with E-state index < -0.39 is 6.10 Å². The predicted molar refractivity (Wildman–Crippen MR) is 113 cm³/mol. The van der Waals surface area contributed by atoms with Crippen molar-refractivity contribution in [2.24, 2.45) is 0 Å². The summed E-state index contributed by atoms with van der Waals surface area (Å²) in [6.07, 6.45) is 22.0. The fraction of sp³-hybridized carbons (Fsp3) is 0.957. The Bertz CT molecular complexity index is 307. The van der Waals surface area contributed by atoms with E-state index in [-0.39, 0.29) is 19.2 Å². The van der Waals surface area contributed by atoms with E-state index in [0.29, 0.717) is 6.42 Å². The van der Waals surface area contributed by atoms with Gasteiger partial charge >= 0.3 is 5.97 Å². The van der Waals surface area contributed by atoms with Crippen LogP contribution in [0.25, 0.3) is 0 Å². The molecule has 0 saturated carbocycles. The van der Waals surface area contributed by atoms with E-state index in [1.807, 2.05) is 0 Å². The summed E-state index contributed by atoms with van der Waals surface area (Å²) in [6.45, 7) is 1.80. The van der Waals surface area contributed by atoms with Crippen molar-refractivity contribution < 1.29 is 19.7 Å². The largest absolute Gasteiger partial charge is 0.463 e. The van der Waals surface area contributed by atoms with Crippen molar-refractivity contribution >= 4 is 5.97 Å². The molecular weight excluding hydrogens is 340 g/mol. The maximum atomic E-state index is 11.4. The number of ether oxygens (including phenoxy) is 1. The highest BCUT2D eigenvalue weighted by Crippen LogP contribution is 2.14. The molecule has 4 heteroatoms. The van der Waals surface area contributed by atoms with Crippen molar-refractivity contribution in [3.05, 3.63) is 0 Å². The second-order valence-corrected chi connectivity index (χ2v) is 7.93. The Morgan fingerprint density at radius 2 is 1.07 bits per heavy atom. The Labute approximate surface area is 168 Å². The highest BCUT2D eigenvalue weighted by Gasteiger charge is 2.07. The summed E-state index contributed by atoms with van der Waals surface area (Å²) >= 11 is 0. The molecule has 2 N–H and O–H groups in total. The van der Waals surface area contributed by atoms with Crippen LogP contribution in [0.5, 0.6) is 0 Å². The van der Waals surface area contributed by atoms with Gasteiger partial charge in [-0.1, -0.05) is 110 Å². The SMILES string of the molecule is CCCCCCCCCCCCCCCCCCCC(=O)OC[C@@H](O)CO. The molecule has 0 saturated heterocycles. The molecule has 0 aromatic rings. The van der Waals surface area contributed by atoms with Gasteiger partial charge in [0.05, 0.1) is 6.61 Å². The standard InChI is InChI=1S/C23H46O4/c1-2-3-4-5-6-7-8-9-10-11-12-13-14-15-16-17-18-19-23(26)27-21-22(25)20-24/h22,24-25H,2-21H2,1H3/t22-/m0/s1. The quantitative estimate of drug-likeness (QED) is 0.190. The van der Waals surface area contributed by atoms with Crippen LogP contribution in [0.4, 0.5) is 0 Å². The normalized spacial score (nSPS) is 12.3. The topological polar surface area (TPSA) is 66.8 Å². The summed E-state index contributed by atoms with van der Waals surface area (Å²) in [6, 6.07) is 0. The highest BCUT2D eigenvalue weighted by molar-refractivity contribution is 5.69. The summed E-state index contributed by atoms with van der Waals surface area (Å²) < 4.78 is 4.87. The second kappa shape index (κ2) is 21.7. The Morgan fingerprint density at radius 3 is 1.44 bits per heavy atom. The number of carbonyl (C=O) groups is 1. The van der Waals surface area contributed by atoms with E-state index in [2.05, 4.69) is 6.92 Å². The fourth-order valence-electron chi connectivity index (χ4n) is 3.31. The lowest BCUT2D eigenvalue weighted by molar-refractivity contribution is -0.147. The van der Waals surface area contributed by atoms with E-state index in [9.17, 15) is 4.79 Å². The summed E-state index contributed by atoms with van der Waals surface area (Å²) in [7, 11) is 0. The zero-order valence-electron chi connectivity index (χ0n) is 17.9. The van der Waals surface area contributed by atoms with Crippen molar-refractivity contribution in [2.75, 3.05) is 13.2 Å². The molecule has 0 unspecified atom stereocenters. The molecule has 0 rings (SSSR count). The molecular formula is C23H46O4. The lowest BCUT2D eigenvalue weighted by atomic mass is 10.0. The minimum absolute atomic E-state index is 0.103. The molecule has 0 heterocycles. The van der Waals surface area contributed by atoms with E-state index >= 15 is 0 Å². The average molecular weight is 387 g/mol. The van der Waals surface area contributed by atoms with E-state index in [0.717, 1.165) is 12.8 Å². The van der Waals surface area contributed by atoms with Gasteiger partial charge in [0.1, 0.15) is 12.7 Å². The van der Waals surface area contributed by atoms with Crippen molar-refractivity contribution in [3.8, 4) is 0 Å². The van der Waals surface area contributed by atoms with Crippen molar-refractivity contribution in [2.45, 2.75) is 129 Å². The van der Waals surface area contributed by atoms with Gasteiger partial charge in [-0.25, -0.2) is 0 Å². The van der Waals surface area contributed by atoms with Crippen LogP contribution in [0.15, 0.2) is 0 Å². The molecule has 0 fully saturated rings. The number of unbranched alkanes of at least 4 members (excludes halogenated alkanes) is 16. The zero-order valence-corrected chi connectivity index (χ0v) is 17.9. The first-order valence-corrected chi connectivity index (χ1v) is 11.6. The molecule has 0 amide bonds. The molecule has 1 atom stereocenters. The third-order valence-corrected chi connectivity index (χ3v) is 5.13. The number of hydrogen-bond donors (Lipinski definition) is 2. The summed E-state index contributed by atoms with van der Waals surface area (Å²) in [4.78, 5) is 11.4. The van der Waals surface area contributed by atoms with Crippen LogP contribution in [-0.2, 0) is 9.53 Å². The summed E-state index contributed by atoms with van der Waals surface area (Å²) in [5.74, 6) is -0.275. The fourth-order valence-corrected chi connectivity index (χ4v) is 3.31. The second-order valence-electron chi connectivity index (χ2n) is 7.93. The molecule has 0 radical (unpaired) electrons. The predicted octanol–water partition coefficient (Wildman–Crippen LogP) is 5.92. The van der Waals surface area contributed by atoms with Crippen LogP contribution in [-0.4, -0.2) is 35.5 Å². The van der Waals surface area contributed by atoms with Crippen LogP contribution in [0.3, 0.4) is 0 Å². The van der Waals surface area contributed by atoms with Gasteiger partial charge in [0.25, 0.3) is 0 Å². The van der Waals surface area contributed by atoms with Crippen molar-refractivity contribution in [1.29, 1.82) is 0 Å². The van der Waals surface area contributed by atoms with E-state index in [4.69, 9.17) is 14.9 Å². The van der Waals surface area contributed by atoms with Gasteiger partial charge < -0.3 is 14.9 Å². The molecule has 4 nitrogen and oxygen atoms in total. The Hall–Kier alpha value is -0.610. The Morgan fingerprint density at radius 1 is 0.704 bits per heavy atom. The van der Waals surface area contributed by atoms with Crippen LogP contribution in [0.1, 0.15) is 122 Å². The molecule has 0 aliphatic rings. The van der Waals surface area contributed by atoms with Crippen LogP contribution in [0.2, 0.25) is 0 Å². The average Bonchev–Trinajstić information content (AvgIpc) is 2.68. The number of aliphatic hydroxyl groups excluding tert-OH is 2. The maximum Gasteiger partial charge on any atom is 0.305 e. The molecule has 162 valence electrons. The molecule has 0 aromatic heterocycles. The monoisotopic (exact) mass is 386 g/mol. The van der Waals surface area contributed by atoms with Gasteiger partial charge in [0.15, 0.2) is 0 Å². The first-order chi connectivity index (χ1) is 13.2. The molecule has 0 aliphatic heterocycles. The molecule has 27 heavy (non-hydrogen) atoms. The van der Waals surface area contributed by atoms with Gasteiger partial charge in [-0.2, -0.15) is 0 Å². The van der Waals surface area contributed by atoms with Crippen LogP contribution in [0, 0.1) is 0 Å². The molecule has 0 spiro atoms. The first-order valence-electron chi connectivity index (χ1n) is 11.6. The molecule has 0 aromatic carbocycles. The maximum absolute atomic E-state index is 11.4. The van der Waals surface area contributed by atoms with Gasteiger partial charge in [0.2, 0.25) is 0 Å². The zero-order chi connectivity index (χ0) is 20.0. The van der Waals surface area contributed by atoms with Gasteiger partial charge in [-0.15, -0.1) is 0 Å². The van der Waals surface area contributed by atoms with Crippen molar-refractivity contribution in [3.63, 3.8) is 0 Å². The minimum atomic E-state index is -0.954. The summed E-state index contributed by atoms with van der Waals surface area (Å²) in [5, 5.41) is 17.7. The Balaban J connectivity index is 3.11. The smallest absolute Gasteiger partial charge is 0.305 e. The third-order valence-electron chi connectivity index (χ3n) is 5.13. The van der Waals surface area contributed by atoms with Crippen LogP contribution < -0.4 is 0 Å². The first kappa shape index (κ1) is 26.4. The number of rotatable bonds is 21. The summed E-state index contributed by atoms with van der Waals surface area (Å²) in [5.41, 5.74) is 0. The third kappa shape index (κ3) is 21.5. The number of aliphatic hydroxyl groups is 2. The number of carbonyl (C=O) groups excluding carboxylic acids is 1. The molecule has 0 aliphatic carbocycles. The van der Waals surface area contributed by atoms with Gasteiger partial charge in [-0.05, 0) is 6.42 Å². The van der Waals surface area contributed by atoms with E-state index in [1.165, 1.54) is 96.3 Å². The highest BCUT2D eigenvalue weighted by atomic mass is 16.5. The van der Waals surface area contributed by atoms with Gasteiger partial charge in [0, 0.05) is 6.42 Å².